The molecule has 6 nitrogen and oxygen atoms in total. The van der Waals surface area contributed by atoms with Gasteiger partial charge in [-0.25, -0.2) is 0 Å². The van der Waals surface area contributed by atoms with Crippen LogP contribution < -0.4 is 10.6 Å². The van der Waals surface area contributed by atoms with Crippen LogP contribution in [-0.2, 0) is 6.18 Å². The molecule has 0 atom stereocenters. The van der Waals surface area contributed by atoms with Gasteiger partial charge in [0.1, 0.15) is 0 Å². The third-order valence-electron chi connectivity index (χ3n) is 3.95. The Morgan fingerprint density at radius 3 is 2.44 bits per heavy atom. The molecule has 0 radical (unpaired) electrons. The fourth-order valence-electron chi connectivity index (χ4n) is 2.50. The largest absolute Gasteiger partial charge is 0.416 e. The van der Waals surface area contributed by atoms with E-state index in [9.17, 15) is 22.8 Å². The van der Waals surface area contributed by atoms with E-state index in [4.69, 9.17) is 4.52 Å². The van der Waals surface area contributed by atoms with E-state index in [1.165, 1.54) is 12.1 Å². The Morgan fingerprint density at radius 2 is 1.85 bits per heavy atom. The Balaban J connectivity index is 1.85. The van der Waals surface area contributed by atoms with Crippen molar-refractivity contribution >= 4 is 17.5 Å². The van der Waals surface area contributed by atoms with E-state index >= 15 is 0 Å². The van der Waals surface area contributed by atoms with Crippen LogP contribution in [0.4, 0.5) is 18.9 Å². The molecule has 1 aliphatic carbocycles. The Hall–Kier alpha value is -2.84. The summed E-state index contributed by atoms with van der Waals surface area (Å²) in [5, 5.41) is 8.66. The van der Waals surface area contributed by atoms with E-state index in [1.807, 2.05) is 0 Å². The smallest absolute Gasteiger partial charge is 0.351 e. The summed E-state index contributed by atoms with van der Waals surface area (Å²) >= 11 is 0. The third-order valence-corrected chi connectivity index (χ3v) is 3.95. The molecule has 1 aliphatic rings. The number of halogens is 3. The zero-order valence-electron chi connectivity index (χ0n) is 14.7. The van der Waals surface area contributed by atoms with Gasteiger partial charge in [-0.1, -0.05) is 5.16 Å². The number of nitrogens with one attached hydrogen (secondary N) is 2. The zero-order valence-corrected chi connectivity index (χ0v) is 14.7. The lowest BCUT2D eigenvalue weighted by molar-refractivity contribution is -0.137. The second-order valence-corrected chi connectivity index (χ2v) is 6.77. The van der Waals surface area contributed by atoms with Crippen LogP contribution in [0.3, 0.4) is 0 Å². The summed E-state index contributed by atoms with van der Waals surface area (Å²) in [6.45, 7) is 3.38. The molecular weight excluding hydrogens is 363 g/mol. The Bertz CT molecular complexity index is 870. The van der Waals surface area contributed by atoms with Crippen molar-refractivity contribution in [3.8, 4) is 0 Å². The van der Waals surface area contributed by atoms with Gasteiger partial charge >= 0.3 is 6.18 Å². The molecule has 1 aromatic heterocycles. The molecule has 0 saturated heterocycles. The Morgan fingerprint density at radius 1 is 1.15 bits per heavy atom. The molecule has 2 N–H and O–H groups in total. The van der Waals surface area contributed by atoms with E-state index in [0.29, 0.717) is 5.69 Å². The van der Waals surface area contributed by atoms with E-state index in [-0.39, 0.29) is 29.0 Å². The Kier molecular flexibility index (Phi) is 4.95. The molecule has 3 rings (SSSR count). The summed E-state index contributed by atoms with van der Waals surface area (Å²) in [7, 11) is 0. The van der Waals surface area contributed by atoms with Gasteiger partial charge in [0.05, 0.1) is 11.3 Å². The van der Waals surface area contributed by atoms with Gasteiger partial charge in [-0.2, -0.15) is 13.2 Å². The molecule has 2 amide bonds. The number of benzene rings is 1. The molecule has 0 unspecified atom stereocenters. The number of hydrogen-bond donors (Lipinski definition) is 2. The number of hydrogen-bond acceptors (Lipinski definition) is 4. The Labute approximate surface area is 153 Å². The summed E-state index contributed by atoms with van der Waals surface area (Å²) < 4.78 is 44.4. The van der Waals surface area contributed by atoms with Gasteiger partial charge in [0.15, 0.2) is 0 Å². The lowest BCUT2D eigenvalue weighted by Crippen LogP contribution is -2.30. The standard InChI is InChI=1S/C18H18F3N3O3/c1-9(2)22-16(25)11-5-12(18(19,20)21)7-13(6-11)23-17(26)15-8-14(24-27-15)10-3-4-10/h5-10H,3-4H2,1-2H3,(H,22,25)(H,23,26). The number of anilines is 1. The first-order chi connectivity index (χ1) is 12.6. The average Bonchev–Trinajstić information content (AvgIpc) is 3.30. The van der Waals surface area contributed by atoms with Crippen LogP contribution in [0.25, 0.3) is 0 Å². The monoisotopic (exact) mass is 381 g/mol. The number of carbonyl (C=O) groups excluding carboxylic acids is 2. The van der Waals surface area contributed by atoms with Crippen molar-refractivity contribution in [3.63, 3.8) is 0 Å². The predicted molar refractivity (Wildman–Crippen MR) is 90.5 cm³/mol. The maximum atomic E-state index is 13.2. The van der Waals surface area contributed by atoms with Crippen molar-refractivity contribution < 1.29 is 27.3 Å². The van der Waals surface area contributed by atoms with Crippen LogP contribution in [0.1, 0.15) is 64.8 Å². The molecule has 2 aromatic rings. The van der Waals surface area contributed by atoms with Gasteiger partial charge in [-0.15, -0.1) is 0 Å². The fourth-order valence-corrected chi connectivity index (χ4v) is 2.50. The molecule has 9 heteroatoms. The van der Waals surface area contributed by atoms with Gasteiger partial charge in [-0.05, 0) is 44.9 Å². The average molecular weight is 381 g/mol. The minimum Gasteiger partial charge on any atom is -0.351 e. The summed E-state index contributed by atoms with van der Waals surface area (Å²) in [4.78, 5) is 24.4. The lowest BCUT2D eigenvalue weighted by Gasteiger charge is -2.14. The number of rotatable bonds is 5. The molecule has 0 aliphatic heterocycles. The summed E-state index contributed by atoms with van der Waals surface area (Å²) in [5.74, 6) is -1.22. The van der Waals surface area contributed by atoms with Crippen molar-refractivity contribution in [1.29, 1.82) is 0 Å². The van der Waals surface area contributed by atoms with E-state index in [1.54, 1.807) is 13.8 Å². The number of amides is 2. The lowest BCUT2D eigenvalue weighted by atomic mass is 10.1. The van der Waals surface area contributed by atoms with Crippen LogP contribution in [0.5, 0.6) is 0 Å². The molecule has 1 aromatic carbocycles. The van der Waals surface area contributed by atoms with Crippen molar-refractivity contribution in [1.82, 2.24) is 10.5 Å². The van der Waals surface area contributed by atoms with Crippen molar-refractivity contribution in [3.05, 3.63) is 46.8 Å². The van der Waals surface area contributed by atoms with E-state index < -0.39 is 23.6 Å². The van der Waals surface area contributed by atoms with Crippen molar-refractivity contribution in [2.75, 3.05) is 5.32 Å². The fraction of sp³-hybridized carbons (Fsp3) is 0.389. The van der Waals surface area contributed by atoms with Gasteiger partial charge < -0.3 is 15.2 Å². The van der Waals surface area contributed by atoms with Crippen LogP contribution >= 0.6 is 0 Å². The first kappa shape index (κ1) is 18.9. The maximum Gasteiger partial charge on any atom is 0.416 e. The quantitative estimate of drug-likeness (QED) is 0.821. The van der Waals surface area contributed by atoms with Crippen LogP contribution in [0.2, 0.25) is 0 Å². The molecule has 1 fully saturated rings. The number of aromatic nitrogens is 1. The highest BCUT2D eigenvalue weighted by Crippen LogP contribution is 2.39. The molecule has 144 valence electrons. The highest BCUT2D eigenvalue weighted by atomic mass is 19.4. The summed E-state index contributed by atoms with van der Waals surface area (Å²) in [6.07, 6.45) is -2.73. The normalized spacial score (nSPS) is 14.3. The van der Waals surface area contributed by atoms with E-state index in [2.05, 4.69) is 15.8 Å². The van der Waals surface area contributed by atoms with Gasteiger partial charge in [-0.3, -0.25) is 9.59 Å². The summed E-state index contributed by atoms with van der Waals surface area (Å²) in [6, 6.07) is 3.92. The van der Waals surface area contributed by atoms with Gasteiger partial charge in [0, 0.05) is 29.3 Å². The molecule has 1 heterocycles. The number of carbonyl (C=O) groups is 2. The van der Waals surface area contributed by atoms with Crippen molar-refractivity contribution in [2.24, 2.45) is 0 Å². The highest BCUT2D eigenvalue weighted by molar-refractivity contribution is 6.03. The maximum absolute atomic E-state index is 13.2. The highest BCUT2D eigenvalue weighted by Gasteiger charge is 2.32. The molecular formula is C18H18F3N3O3. The second kappa shape index (κ2) is 7.05. The van der Waals surface area contributed by atoms with Crippen molar-refractivity contribution in [2.45, 2.75) is 44.8 Å². The molecule has 1 saturated carbocycles. The number of alkyl halides is 3. The van der Waals surface area contributed by atoms with Gasteiger partial charge in [0.25, 0.3) is 11.8 Å². The summed E-state index contributed by atoms with van der Waals surface area (Å²) in [5.41, 5.74) is -0.746. The molecule has 0 bridgehead atoms. The third kappa shape index (κ3) is 4.66. The van der Waals surface area contributed by atoms with Crippen LogP contribution in [-0.4, -0.2) is 23.0 Å². The SMILES string of the molecule is CC(C)NC(=O)c1cc(NC(=O)c2cc(C3CC3)no2)cc(C(F)(F)F)c1. The topological polar surface area (TPSA) is 84.2 Å². The zero-order chi connectivity index (χ0) is 19.8. The minimum absolute atomic E-state index is 0.0949. The minimum atomic E-state index is -4.67. The van der Waals surface area contributed by atoms with Crippen LogP contribution in [0, 0.1) is 0 Å². The van der Waals surface area contributed by atoms with Crippen LogP contribution in [0.15, 0.2) is 28.8 Å². The molecule has 0 spiro atoms. The first-order valence-corrected chi connectivity index (χ1v) is 8.44. The number of nitrogens with zero attached hydrogens (tertiary/aromatic N) is 1. The second-order valence-electron chi connectivity index (χ2n) is 6.77. The predicted octanol–water partition coefficient (Wildman–Crippen LogP) is 3.96. The van der Waals surface area contributed by atoms with Gasteiger partial charge in [0.2, 0.25) is 5.76 Å². The van der Waals surface area contributed by atoms with E-state index in [0.717, 1.165) is 25.0 Å². The molecule has 27 heavy (non-hydrogen) atoms. The first-order valence-electron chi connectivity index (χ1n) is 8.44.